The van der Waals surface area contributed by atoms with E-state index in [1.165, 1.54) is 0 Å². The maximum atomic E-state index is 12.8. The predicted octanol–water partition coefficient (Wildman–Crippen LogP) is 1.24. The van der Waals surface area contributed by atoms with E-state index in [1.54, 1.807) is 25.8 Å². The highest BCUT2D eigenvalue weighted by molar-refractivity contribution is 7.88. The van der Waals surface area contributed by atoms with Gasteiger partial charge in [0, 0.05) is 25.7 Å². The average Bonchev–Trinajstić information content (AvgIpc) is 2.71. The summed E-state index contributed by atoms with van der Waals surface area (Å²) in [6, 6.07) is -0.282. The van der Waals surface area contributed by atoms with Crippen molar-refractivity contribution >= 4 is 22.1 Å². The van der Waals surface area contributed by atoms with Gasteiger partial charge in [-0.2, -0.15) is 0 Å². The van der Waals surface area contributed by atoms with E-state index in [0.29, 0.717) is 19.0 Å². The van der Waals surface area contributed by atoms with Gasteiger partial charge < -0.3 is 20.1 Å². The fourth-order valence-corrected chi connectivity index (χ4v) is 4.46. The smallest absolute Gasteiger partial charge is 0.412 e. The van der Waals surface area contributed by atoms with E-state index in [4.69, 9.17) is 9.47 Å². The van der Waals surface area contributed by atoms with Gasteiger partial charge in [0.15, 0.2) is 5.96 Å². The first kappa shape index (κ1) is 26.4. The Hall–Kier alpha value is -1.59. The van der Waals surface area contributed by atoms with E-state index in [0.717, 1.165) is 6.26 Å². The molecule has 0 spiro atoms. The molecule has 1 fully saturated rings. The molecule has 1 rings (SSSR count). The van der Waals surface area contributed by atoms with E-state index in [2.05, 4.69) is 20.3 Å². The molecular formula is C19H39N5O5S. The average molecular weight is 450 g/mol. The van der Waals surface area contributed by atoms with Crippen molar-refractivity contribution in [3.8, 4) is 0 Å². The monoisotopic (exact) mass is 449 g/mol. The van der Waals surface area contributed by atoms with Gasteiger partial charge in [0.2, 0.25) is 10.0 Å². The molecule has 0 saturated carbocycles. The topological polar surface area (TPSA) is 121 Å². The number of ether oxygens (including phenoxy) is 2. The summed E-state index contributed by atoms with van der Waals surface area (Å²) in [4.78, 5) is 18.6. The van der Waals surface area contributed by atoms with E-state index in [9.17, 15) is 13.2 Å². The van der Waals surface area contributed by atoms with Gasteiger partial charge >= 0.3 is 6.09 Å². The molecule has 2 unspecified atom stereocenters. The van der Waals surface area contributed by atoms with E-state index >= 15 is 0 Å². The number of hydrogen-bond acceptors (Lipinski definition) is 6. The van der Waals surface area contributed by atoms with Crippen molar-refractivity contribution in [2.24, 2.45) is 4.99 Å². The number of nitrogens with zero attached hydrogens (tertiary/aromatic N) is 2. The number of nitrogens with one attached hydrogen (secondary N) is 3. The fourth-order valence-electron chi connectivity index (χ4n) is 3.39. The second-order valence-corrected chi connectivity index (χ2v) is 11.5. The van der Waals surface area contributed by atoms with Crippen molar-refractivity contribution in [1.82, 2.24) is 20.3 Å². The Kier molecular flexibility index (Phi) is 8.17. The third-order valence-corrected chi connectivity index (χ3v) is 5.30. The van der Waals surface area contributed by atoms with Crippen LogP contribution in [-0.4, -0.2) is 80.8 Å². The van der Waals surface area contributed by atoms with Crippen LogP contribution in [0.4, 0.5) is 4.79 Å². The zero-order chi connectivity index (χ0) is 23.5. The maximum absolute atomic E-state index is 12.8. The summed E-state index contributed by atoms with van der Waals surface area (Å²) in [5.41, 5.74) is -2.14. The van der Waals surface area contributed by atoms with Crippen molar-refractivity contribution in [2.45, 2.75) is 84.4 Å². The first-order valence-corrected chi connectivity index (χ1v) is 11.9. The van der Waals surface area contributed by atoms with Crippen LogP contribution in [0.5, 0.6) is 0 Å². The minimum Gasteiger partial charge on any atom is -0.444 e. The van der Waals surface area contributed by atoms with Crippen molar-refractivity contribution in [1.29, 1.82) is 0 Å². The van der Waals surface area contributed by atoms with Gasteiger partial charge in [0.25, 0.3) is 0 Å². The lowest BCUT2D eigenvalue weighted by atomic mass is 10.1. The molecule has 0 aromatic carbocycles. The summed E-state index contributed by atoms with van der Waals surface area (Å²) < 4.78 is 37.2. The summed E-state index contributed by atoms with van der Waals surface area (Å²) in [5, 5.41) is 6.31. The quantitative estimate of drug-likeness (QED) is 0.412. The lowest BCUT2D eigenvalue weighted by Gasteiger charge is -2.35. The van der Waals surface area contributed by atoms with Crippen molar-refractivity contribution in [2.75, 3.05) is 26.4 Å². The Morgan fingerprint density at radius 3 is 2.23 bits per heavy atom. The number of sulfonamides is 1. The molecule has 1 aliphatic rings. The predicted molar refractivity (Wildman–Crippen MR) is 118 cm³/mol. The third-order valence-electron chi connectivity index (χ3n) is 4.38. The van der Waals surface area contributed by atoms with E-state index in [1.807, 2.05) is 41.5 Å². The van der Waals surface area contributed by atoms with Crippen molar-refractivity contribution < 1.29 is 22.7 Å². The van der Waals surface area contributed by atoms with Gasteiger partial charge in [-0.15, -0.1) is 0 Å². The second-order valence-electron chi connectivity index (χ2n) is 9.75. The number of rotatable bonds is 6. The van der Waals surface area contributed by atoms with Crippen LogP contribution in [0, 0.1) is 0 Å². The highest BCUT2D eigenvalue weighted by Crippen LogP contribution is 2.33. The number of hydrogen-bond donors (Lipinski definition) is 3. The zero-order valence-corrected chi connectivity index (χ0v) is 20.7. The van der Waals surface area contributed by atoms with Crippen LogP contribution < -0.4 is 15.4 Å². The lowest BCUT2D eigenvalue weighted by molar-refractivity contribution is -0.0755. The van der Waals surface area contributed by atoms with Crippen molar-refractivity contribution in [3.05, 3.63) is 0 Å². The zero-order valence-electron chi connectivity index (χ0n) is 19.9. The number of amides is 1. The summed E-state index contributed by atoms with van der Waals surface area (Å²) >= 11 is 0. The normalized spacial score (nSPS) is 22.7. The third kappa shape index (κ3) is 8.27. The summed E-state index contributed by atoms with van der Waals surface area (Å²) in [5.74, 6) is 0.486. The molecule has 2 atom stereocenters. The Bertz CT molecular complexity index is 743. The summed E-state index contributed by atoms with van der Waals surface area (Å²) in [6.45, 7) is 15.3. The Labute approximate surface area is 181 Å². The molecule has 1 amide bonds. The highest BCUT2D eigenvalue weighted by atomic mass is 32.2. The van der Waals surface area contributed by atoms with Crippen LogP contribution in [0.1, 0.15) is 55.4 Å². The van der Waals surface area contributed by atoms with Gasteiger partial charge in [0.05, 0.1) is 18.4 Å². The van der Waals surface area contributed by atoms with Gasteiger partial charge in [-0.3, -0.25) is 9.89 Å². The van der Waals surface area contributed by atoms with E-state index < -0.39 is 33.0 Å². The Morgan fingerprint density at radius 1 is 1.20 bits per heavy atom. The molecule has 0 aromatic rings. The first-order chi connectivity index (χ1) is 13.4. The summed E-state index contributed by atoms with van der Waals surface area (Å²) in [6.07, 6.45) is 0.461. The van der Waals surface area contributed by atoms with Gasteiger partial charge in [-0.05, 0) is 55.4 Å². The number of carbonyl (C=O) groups excluding carboxylic acids is 1. The standard InChI is InChI=1S/C19H39N5O5S/c1-13-14(24(19(7,8)28-13)16(25)29-17(2,3)4)11-21-15(20-9)22-12-18(5,6)23-30(10,26)27/h13-14,23H,11-12H2,1-10H3,(H2,20,21,22). The fraction of sp³-hybridized carbons (Fsp3) is 0.895. The van der Waals surface area contributed by atoms with E-state index in [-0.39, 0.29) is 12.1 Å². The number of aliphatic imine (C=N–C) groups is 1. The minimum atomic E-state index is -3.34. The highest BCUT2D eigenvalue weighted by Gasteiger charge is 2.49. The molecule has 176 valence electrons. The molecular weight excluding hydrogens is 410 g/mol. The molecule has 0 bridgehead atoms. The molecule has 0 aromatic heterocycles. The summed E-state index contributed by atoms with van der Waals surface area (Å²) in [7, 11) is -1.72. The molecule has 0 radical (unpaired) electrons. The Balaban J connectivity index is 2.82. The molecule has 11 heteroatoms. The van der Waals surface area contributed by atoms with Gasteiger partial charge in [0.1, 0.15) is 11.3 Å². The van der Waals surface area contributed by atoms with Crippen LogP contribution in [0.3, 0.4) is 0 Å². The Morgan fingerprint density at radius 2 is 1.77 bits per heavy atom. The van der Waals surface area contributed by atoms with Gasteiger partial charge in [-0.25, -0.2) is 17.9 Å². The maximum Gasteiger partial charge on any atom is 0.412 e. The largest absolute Gasteiger partial charge is 0.444 e. The molecule has 1 aliphatic heterocycles. The lowest BCUT2D eigenvalue weighted by Crippen LogP contribution is -2.56. The molecule has 0 aliphatic carbocycles. The molecule has 10 nitrogen and oxygen atoms in total. The number of guanidine groups is 1. The molecule has 3 N–H and O–H groups in total. The SMILES string of the molecule is CN=C(NCC1C(C)OC(C)(C)N1C(=O)OC(C)(C)C)NCC(C)(C)NS(C)(=O)=O. The first-order valence-electron chi connectivity index (χ1n) is 10.0. The minimum absolute atomic E-state index is 0.221. The van der Waals surface area contributed by atoms with Crippen LogP contribution in [0.2, 0.25) is 0 Å². The molecule has 1 heterocycles. The van der Waals surface area contributed by atoms with Gasteiger partial charge in [-0.1, -0.05) is 0 Å². The molecule has 1 saturated heterocycles. The van der Waals surface area contributed by atoms with Crippen LogP contribution in [0.25, 0.3) is 0 Å². The number of carbonyl (C=O) groups is 1. The second kappa shape index (κ2) is 9.27. The van der Waals surface area contributed by atoms with Crippen LogP contribution >= 0.6 is 0 Å². The van der Waals surface area contributed by atoms with Crippen LogP contribution in [-0.2, 0) is 19.5 Å². The van der Waals surface area contributed by atoms with Crippen molar-refractivity contribution in [3.63, 3.8) is 0 Å². The van der Waals surface area contributed by atoms with Crippen LogP contribution in [0.15, 0.2) is 4.99 Å². The molecule has 30 heavy (non-hydrogen) atoms.